The summed E-state index contributed by atoms with van der Waals surface area (Å²) in [6.45, 7) is 2.91. The highest BCUT2D eigenvalue weighted by Gasteiger charge is 2.24. The maximum Gasteiger partial charge on any atom is 0.322 e. The number of anilines is 1. The van der Waals surface area contributed by atoms with E-state index in [1.165, 1.54) is 18.2 Å². The summed E-state index contributed by atoms with van der Waals surface area (Å²) in [6.07, 6.45) is 2.39. The molecule has 164 valence electrons. The number of fused-ring (bicyclic) bond motifs is 1. The summed E-state index contributed by atoms with van der Waals surface area (Å²) in [4.78, 5) is 19.3. The van der Waals surface area contributed by atoms with E-state index in [0.717, 1.165) is 16.3 Å². The number of methoxy groups -OCH3 is 2. The van der Waals surface area contributed by atoms with E-state index in [2.05, 4.69) is 10.3 Å². The molecule has 0 aliphatic rings. The first-order chi connectivity index (χ1) is 15.0. The van der Waals surface area contributed by atoms with Crippen LogP contribution < -0.4 is 10.1 Å². The van der Waals surface area contributed by atoms with E-state index in [0.29, 0.717) is 31.1 Å². The molecule has 3 aromatic rings. The van der Waals surface area contributed by atoms with Gasteiger partial charge in [0, 0.05) is 43.1 Å². The summed E-state index contributed by atoms with van der Waals surface area (Å²) in [6, 6.07) is 11.2. The Labute approximate surface area is 185 Å². The maximum absolute atomic E-state index is 13.5. The van der Waals surface area contributed by atoms with E-state index in [1.54, 1.807) is 25.3 Å². The summed E-state index contributed by atoms with van der Waals surface area (Å²) in [5.41, 5.74) is 1.30. The minimum Gasteiger partial charge on any atom is -0.481 e. The zero-order chi connectivity index (χ0) is 22.4. The van der Waals surface area contributed by atoms with Crippen LogP contribution in [-0.2, 0) is 4.74 Å². The van der Waals surface area contributed by atoms with Crippen LogP contribution in [0.15, 0.2) is 48.7 Å². The molecule has 0 spiro atoms. The Balaban J connectivity index is 1.93. The number of nitrogens with zero attached hydrogens (tertiary/aromatic N) is 2. The van der Waals surface area contributed by atoms with Gasteiger partial charge in [-0.2, -0.15) is 0 Å². The van der Waals surface area contributed by atoms with E-state index in [4.69, 9.17) is 21.1 Å². The number of nitrogens with one attached hydrogen (secondary N) is 1. The lowest BCUT2D eigenvalue weighted by Gasteiger charge is -2.30. The van der Waals surface area contributed by atoms with E-state index in [9.17, 15) is 9.18 Å². The van der Waals surface area contributed by atoms with Crippen molar-refractivity contribution in [2.75, 3.05) is 32.7 Å². The normalized spacial score (nSPS) is 11.9. The van der Waals surface area contributed by atoms with Gasteiger partial charge in [-0.25, -0.2) is 14.2 Å². The first-order valence-corrected chi connectivity index (χ1v) is 10.3. The molecule has 0 saturated carbocycles. The standard InChI is InChI=1S/C23H25ClFN3O3/c1-15(19-14-26-22(31-3)18-8-5-4-7-17(18)19)28(11-6-12-30-2)23(29)27-16-9-10-21(25)20(24)13-16/h4-5,7-10,13-15H,6,11-12H2,1-3H3,(H,27,29). The molecule has 3 rings (SSSR count). The smallest absolute Gasteiger partial charge is 0.322 e. The van der Waals surface area contributed by atoms with Crippen molar-refractivity contribution in [2.24, 2.45) is 0 Å². The third-order valence-electron chi connectivity index (χ3n) is 5.08. The Morgan fingerprint density at radius 2 is 1.97 bits per heavy atom. The third-order valence-corrected chi connectivity index (χ3v) is 5.37. The van der Waals surface area contributed by atoms with Gasteiger partial charge in [0.15, 0.2) is 0 Å². The first-order valence-electron chi connectivity index (χ1n) is 9.89. The van der Waals surface area contributed by atoms with Crippen LogP contribution in [0.4, 0.5) is 14.9 Å². The summed E-state index contributed by atoms with van der Waals surface area (Å²) >= 11 is 5.86. The van der Waals surface area contributed by atoms with Gasteiger partial charge in [0.1, 0.15) is 5.82 Å². The molecule has 6 nitrogen and oxygen atoms in total. The third kappa shape index (κ3) is 5.24. The van der Waals surface area contributed by atoms with Crippen LogP contribution in [0.1, 0.15) is 24.9 Å². The first kappa shape index (κ1) is 22.8. The number of ether oxygens (including phenoxy) is 2. The largest absolute Gasteiger partial charge is 0.481 e. The van der Waals surface area contributed by atoms with Crippen LogP contribution in [0.3, 0.4) is 0 Å². The van der Waals surface area contributed by atoms with Crippen LogP contribution >= 0.6 is 11.6 Å². The number of amides is 2. The number of pyridine rings is 1. The van der Waals surface area contributed by atoms with Crippen LogP contribution in [0.2, 0.25) is 5.02 Å². The molecule has 0 bridgehead atoms. The molecule has 1 unspecified atom stereocenters. The van der Waals surface area contributed by atoms with Gasteiger partial charge in [-0.1, -0.05) is 29.8 Å². The average molecular weight is 446 g/mol. The van der Waals surface area contributed by atoms with Gasteiger partial charge in [-0.05, 0) is 43.0 Å². The van der Waals surface area contributed by atoms with Gasteiger partial charge < -0.3 is 19.7 Å². The van der Waals surface area contributed by atoms with Gasteiger partial charge in [-0.15, -0.1) is 0 Å². The molecule has 1 atom stereocenters. The second-order valence-corrected chi connectivity index (χ2v) is 7.45. The fourth-order valence-electron chi connectivity index (χ4n) is 3.47. The predicted molar refractivity (Wildman–Crippen MR) is 120 cm³/mol. The Bertz CT molecular complexity index is 1060. The van der Waals surface area contributed by atoms with Crippen LogP contribution in [0, 0.1) is 5.82 Å². The number of hydrogen-bond acceptors (Lipinski definition) is 4. The van der Waals surface area contributed by atoms with Gasteiger partial charge >= 0.3 is 6.03 Å². The Kier molecular flexibility index (Phi) is 7.65. The Morgan fingerprint density at radius 3 is 2.65 bits per heavy atom. The number of halogens is 2. The highest BCUT2D eigenvalue weighted by Crippen LogP contribution is 2.32. The molecule has 0 aliphatic heterocycles. The van der Waals surface area contributed by atoms with E-state index in [1.807, 2.05) is 31.2 Å². The van der Waals surface area contributed by atoms with Crippen LogP contribution in [0.5, 0.6) is 5.88 Å². The molecule has 1 heterocycles. The highest BCUT2D eigenvalue weighted by molar-refractivity contribution is 6.31. The molecule has 31 heavy (non-hydrogen) atoms. The van der Waals surface area contributed by atoms with E-state index in [-0.39, 0.29) is 17.1 Å². The van der Waals surface area contributed by atoms with Crippen molar-refractivity contribution in [3.8, 4) is 5.88 Å². The average Bonchev–Trinajstić information content (AvgIpc) is 2.78. The summed E-state index contributed by atoms with van der Waals surface area (Å²) < 4.78 is 24.0. The molecular formula is C23H25ClFN3O3. The Hall–Kier alpha value is -2.90. The molecular weight excluding hydrogens is 421 g/mol. The number of carbonyl (C=O) groups excluding carboxylic acids is 1. The van der Waals surface area contributed by atoms with Gasteiger partial charge in [0.2, 0.25) is 5.88 Å². The fraction of sp³-hybridized carbons (Fsp3) is 0.304. The number of carbonyl (C=O) groups is 1. The molecule has 1 N–H and O–H groups in total. The lowest BCUT2D eigenvalue weighted by Crippen LogP contribution is -2.38. The van der Waals surface area contributed by atoms with Gasteiger partial charge in [-0.3, -0.25) is 0 Å². The predicted octanol–water partition coefficient (Wildman–Crippen LogP) is 5.67. The number of urea groups is 1. The lowest BCUT2D eigenvalue weighted by molar-refractivity contribution is 0.161. The van der Waals surface area contributed by atoms with Crippen molar-refractivity contribution >= 4 is 34.1 Å². The van der Waals surface area contributed by atoms with Crippen molar-refractivity contribution in [3.05, 3.63) is 65.1 Å². The van der Waals surface area contributed by atoms with E-state index >= 15 is 0 Å². The van der Waals surface area contributed by atoms with Crippen molar-refractivity contribution in [2.45, 2.75) is 19.4 Å². The van der Waals surface area contributed by atoms with Crippen LogP contribution in [0.25, 0.3) is 10.8 Å². The summed E-state index contributed by atoms with van der Waals surface area (Å²) in [5.74, 6) is -0.0105. The molecule has 0 aliphatic carbocycles. The lowest BCUT2D eigenvalue weighted by atomic mass is 10.0. The van der Waals surface area contributed by atoms with Crippen molar-refractivity contribution in [1.29, 1.82) is 0 Å². The SMILES string of the molecule is COCCCN(C(=O)Nc1ccc(F)c(Cl)c1)C(C)c1cnc(OC)c2ccccc12. The number of benzene rings is 2. The molecule has 8 heteroatoms. The quantitative estimate of drug-likeness (QED) is 0.454. The molecule has 2 amide bonds. The molecule has 0 saturated heterocycles. The van der Waals surface area contributed by atoms with Crippen molar-refractivity contribution in [1.82, 2.24) is 9.88 Å². The number of aromatic nitrogens is 1. The van der Waals surface area contributed by atoms with Crippen LogP contribution in [-0.4, -0.2) is 43.3 Å². The minimum absolute atomic E-state index is 0.0536. The molecule has 0 fully saturated rings. The molecule has 2 aromatic carbocycles. The zero-order valence-corrected chi connectivity index (χ0v) is 18.4. The highest BCUT2D eigenvalue weighted by atomic mass is 35.5. The van der Waals surface area contributed by atoms with Gasteiger partial charge in [0.25, 0.3) is 0 Å². The van der Waals surface area contributed by atoms with Crippen molar-refractivity contribution in [3.63, 3.8) is 0 Å². The van der Waals surface area contributed by atoms with E-state index < -0.39 is 5.82 Å². The maximum atomic E-state index is 13.5. The molecule has 0 radical (unpaired) electrons. The molecule has 1 aromatic heterocycles. The number of hydrogen-bond donors (Lipinski definition) is 1. The Morgan fingerprint density at radius 1 is 1.23 bits per heavy atom. The fourth-order valence-corrected chi connectivity index (χ4v) is 3.65. The summed E-state index contributed by atoms with van der Waals surface area (Å²) in [7, 11) is 3.20. The topological polar surface area (TPSA) is 63.7 Å². The minimum atomic E-state index is -0.541. The zero-order valence-electron chi connectivity index (χ0n) is 17.7. The summed E-state index contributed by atoms with van der Waals surface area (Å²) in [5, 5.41) is 4.58. The number of rotatable bonds is 8. The monoisotopic (exact) mass is 445 g/mol. The second-order valence-electron chi connectivity index (χ2n) is 7.04. The second kappa shape index (κ2) is 10.4. The van der Waals surface area contributed by atoms with Gasteiger partial charge in [0.05, 0.1) is 18.2 Å². The van der Waals surface area contributed by atoms with Crippen molar-refractivity contribution < 1.29 is 18.7 Å².